The highest BCUT2D eigenvalue weighted by Crippen LogP contribution is 2.15. The van der Waals surface area contributed by atoms with E-state index < -0.39 is 11.6 Å². The molecule has 2 rings (SSSR count). The van der Waals surface area contributed by atoms with Crippen molar-refractivity contribution in [2.24, 2.45) is 0 Å². The average Bonchev–Trinajstić information content (AvgIpc) is 2.56. The van der Waals surface area contributed by atoms with Crippen LogP contribution in [-0.2, 0) is 6.42 Å². The van der Waals surface area contributed by atoms with Crippen molar-refractivity contribution in [2.75, 3.05) is 10.6 Å². The first-order valence-electron chi connectivity index (χ1n) is 7.16. The second-order valence-electron chi connectivity index (χ2n) is 4.79. The number of para-hydroxylation sites is 1. The van der Waals surface area contributed by atoms with Crippen LogP contribution in [0.2, 0.25) is 0 Å². The van der Waals surface area contributed by atoms with Crippen LogP contribution >= 0.6 is 24.4 Å². The maximum Gasteiger partial charge on any atom is 0.189 e. The molecule has 0 saturated heterocycles. The van der Waals surface area contributed by atoms with Gasteiger partial charge in [-0.15, -0.1) is 0 Å². The lowest BCUT2D eigenvalue weighted by molar-refractivity contribution is 0.586. The number of hydrogen-bond donors (Lipinski definition) is 4. The Balaban J connectivity index is 1.86. The SMILES string of the molecule is CCc1ccccc1NC(=S)NNC(=S)Nc1ccc(F)cc1F. The molecule has 0 unspecified atom stereocenters. The average molecular weight is 366 g/mol. The van der Waals surface area contributed by atoms with Crippen molar-refractivity contribution in [2.45, 2.75) is 13.3 Å². The minimum Gasteiger partial charge on any atom is -0.331 e. The molecule has 4 N–H and O–H groups in total. The molecule has 8 heteroatoms. The number of hydrogen-bond acceptors (Lipinski definition) is 2. The van der Waals surface area contributed by atoms with Gasteiger partial charge in [0, 0.05) is 11.8 Å². The Morgan fingerprint density at radius 3 is 2.17 bits per heavy atom. The van der Waals surface area contributed by atoms with E-state index in [1.807, 2.05) is 31.2 Å². The predicted octanol–water partition coefficient (Wildman–Crippen LogP) is 3.72. The van der Waals surface area contributed by atoms with E-state index in [1.165, 1.54) is 6.07 Å². The van der Waals surface area contributed by atoms with Crippen LogP contribution in [0.15, 0.2) is 42.5 Å². The zero-order valence-corrected chi connectivity index (χ0v) is 14.5. The van der Waals surface area contributed by atoms with Crippen molar-refractivity contribution in [1.29, 1.82) is 0 Å². The number of hydrazine groups is 1. The van der Waals surface area contributed by atoms with Crippen molar-refractivity contribution in [3.05, 3.63) is 59.7 Å². The van der Waals surface area contributed by atoms with E-state index in [4.69, 9.17) is 24.4 Å². The van der Waals surface area contributed by atoms with Gasteiger partial charge in [0.05, 0.1) is 5.69 Å². The first-order chi connectivity index (χ1) is 11.5. The smallest absolute Gasteiger partial charge is 0.189 e. The number of anilines is 2. The summed E-state index contributed by atoms with van der Waals surface area (Å²) in [5, 5.41) is 6.05. The molecule has 4 nitrogen and oxygen atoms in total. The van der Waals surface area contributed by atoms with Crippen LogP contribution in [0.5, 0.6) is 0 Å². The predicted molar refractivity (Wildman–Crippen MR) is 101 cm³/mol. The third-order valence-corrected chi connectivity index (χ3v) is 3.52. The zero-order valence-electron chi connectivity index (χ0n) is 12.8. The van der Waals surface area contributed by atoms with Crippen LogP contribution in [0.3, 0.4) is 0 Å². The standard InChI is InChI=1S/C16H16F2N4S2/c1-2-10-5-3-4-6-13(10)19-15(23)21-22-16(24)20-14-8-7-11(17)9-12(14)18/h3-9H,2H2,1H3,(H2,19,21,23)(H2,20,22,24). The van der Waals surface area contributed by atoms with E-state index in [2.05, 4.69) is 21.5 Å². The first kappa shape index (κ1) is 18.0. The maximum atomic E-state index is 13.5. The van der Waals surface area contributed by atoms with Crippen LogP contribution in [-0.4, -0.2) is 10.2 Å². The molecule has 2 aromatic carbocycles. The lowest BCUT2D eigenvalue weighted by Gasteiger charge is -2.16. The van der Waals surface area contributed by atoms with Gasteiger partial charge in [-0.2, -0.15) is 0 Å². The Bertz CT molecular complexity index is 753. The Kier molecular flexibility index (Phi) is 6.39. The largest absolute Gasteiger partial charge is 0.331 e. The summed E-state index contributed by atoms with van der Waals surface area (Å²) in [4.78, 5) is 0. The second kappa shape index (κ2) is 8.51. The van der Waals surface area contributed by atoms with E-state index in [1.54, 1.807) is 0 Å². The lowest BCUT2D eigenvalue weighted by atomic mass is 10.1. The molecule has 0 radical (unpaired) electrons. The van der Waals surface area contributed by atoms with Gasteiger partial charge in [0.15, 0.2) is 10.2 Å². The summed E-state index contributed by atoms with van der Waals surface area (Å²) in [6.45, 7) is 2.05. The topological polar surface area (TPSA) is 48.1 Å². The van der Waals surface area contributed by atoms with Crippen LogP contribution in [0.1, 0.15) is 12.5 Å². The molecule has 0 fully saturated rings. The normalized spacial score (nSPS) is 9.96. The van der Waals surface area contributed by atoms with Gasteiger partial charge < -0.3 is 10.6 Å². The molecule has 2 aromatic rings. The van der Waals surface area contributed by atoms with Crippen LogP contribution in [0.4, 0.5) is 20.2 Å². The van der Waals surface area contributed by atoms with Gasteiger partial charge in [-0.3, -0.25) is 10.9 Å². The number of thiocarbonyl (C=S) groups is 2. The van der Waals surface area contributed by atoms with E-state index >= 15 is 0 Å². The molecular formula is C16H16F2N4S2. The third-order valence-electron chi connectivity index (χ3n) is 3.12. The van der Waals surface area contributed by atoms with Crippen molar-refractivity contribution in [3.63, 3.8) is 0 Å². The quantitative estimate of drug-likeness (QED) is 0.491. The molecule has 0 heterocycles. The molecule has 0 aliphatic heterocycles. The molecule has 24 heavy (non-hydrogen) atoms. The minimum atomic E-state index is -0.739. The highest BCUT2D eigenvalue weighted by molar-refractivity contribution is 7.81. The van der Waals surface area contributed by atoms with Crippen LogP contribution in [0, 0.1) is 11.6 Å². The molecule has 0 aliphatic rings. The van der Waals surface area contributed by atoms with Crippen molar-refractivity contribution < 1.29 is 8.78 Å². The van der Waals surface area contributed by atoms with Crippen LogP contribution < -0.4 is 21.5 Å². The first-order valence-corrected chi connectivity index (χ1v) is 7.98. The molecule has 0 bridgehead atoms. The fourth-order valence-corrected chi connectivity index (χ4v) is 2.28. The van der Waals surface area contributed by atoms with Crippen molar-refractivity contribution >= 4 is 46.0 Å². The lowest BCUT2D eigenvalue weighted by Crippen LogP contribution is -2.45. The van der Waals surface area contributed by atoms with Crippen molar-refractivity contribution in [3.8, 4) is 0 Å². The number of benzene rings is 2. The summed E-state index contributed by atoms with van der Waals surface area (Å²) in [7, 11) is 0. The highest BCUT2D eigenvalue weighted by atomic mass is 32.1. The van der Waals surface area contributed by atoms with Gasteiger partial charge in [0.25, 0.3) is 0 Å². The summed E-state index contributed by atoms with van der Waals surface area (Å²) in [5.74, 6) is -1.40. The molecule has 0 amide bonds. The summed E-state index contributed by atoms with van der Waals surface area (Å²) >= 11 is 10.2. The van der Waals surface area contributed by atoms with E-state index in [-0.39, 0.29) is 10.8 Å². The Morgan fingerprint density at radius 2 is 1.54 bits per heavy atom. The summed E-state index contributed by atoms with van der Waals surface area (Å²) < 4.78 is 26.4. The van der Waals surface area contributed by atoms with Gasteiger partial charge >= 0.3 is 0 Å². The van der Waals surface area contributed by atoms with Gasteiger partial charge in [0.2, 0.25) is 0 Å². The van der Waals surface area contributed by atoms with E-state index in [0.717, 1.165) is 29.8 Å². The summed E-state index contributed by atoms with van der Waals surface area (Å²) in [6.07, 6.45) is 0.864. The summed E-state index contributed by atoms with van der Waals surface area (Å²) in [6, 6.07) is 10.9. The molecule has 0 aliphatic carbocycles. The molecule has 0 atom stereocenters. The Morgan fingerprint density at radius 1 is 0.917 bits per heavy atom. The molecular weight excluding hydrogens is 350 g/mol. The monoisotopic (exact) mass is 366 g/mol. The van der Waals surface area contributed by atoms with Crippen molar-refractivity contribution in [1.82, 2.24) is 10.9 Å². The Hall–Kier alpha value is -2.32. The fraction of sp³-hybridized carbons (Fsp3) is 0.125. The molecule has 0 saturated carbocycles. The van der Waals surface area contributed by atoms with E-state index in [0.29, 0.717) is 5.11 Å². The summed E-state index contributed by atoms with van der Waals surface area (Å²) in [5.41, 5.74) is 7.41. The molecule has 0 aromatic heterocycles. The second-order valence-corrected chi connectivity index (χ2v) is 5.61. The fourth-order valence-electron chi connectivity index (χ4n) is 1.96. The van der Waals surface area contributed by atoms with Gasteiger partial charge in [-0.1, -0.05) is 25.1 Å². The highest BCUT2D eigenvalue weighted by Gasteiger charge is 2.06. The van der Waals surface area contributed by atoms with Gasteiger partial charge in [0.1, 0.15) is 11.6 Å². The maximum absolute atomic E-state index is 13.5. The number of nitrogens with one attached hydrogen (secondary N) is 4. The minimum absolute atomic E-state index is 0.0610. The Labute approximate surface area is 149 Å². The third kappa shape index (κ3) is 5.10. The molecule has 0 spiro atoms. The zero-order chi connectivity index (χ0) is 17.5. The molecule has 126 valence electrons. The number of rotatable bonds is 3. The van der Waals surface area contributed by atoms with E-state index in [9.17, 15) is 8.78 Å². The van der Waals surface area contributed by atoms with Gasteiger partial charge in [-0.05, 0) is 54.6 Å². The number of halogens is 2. The number of aryl methyl sites for hydroxylation is 1. The van der Waals surface area contributed by atoms with Gasteiger partial charge in [-0.25, -0.2) is 8.78 Å². The van der Waals surface area contributed by atoms with Crippen LogP contribution in [0.25, 0.3) is 0 Å².